The van der Waals surface area contributed by atoms with Crippen LogP contribution in [0, 0.1) is 5.92 Å². The van der Waals surface area contributed by atoms with Crippen LogP contribution in [0.1, 0.15) is 13.8 Å². The van der Waals surface area contributed by atoms with Crippen molar-refractivity contribution in [3.8, 4) is 5.75 Å². The first-order chi connectivity index (χ1) is 8.58. The molecule has 0 aliphatic carbocycles. The van der Waals surface area contributed by atoms with Gasteiger partial charge in [0.1, 0.15) is 5.75 Å². The maximum absolute atomic E-state index is 11.9. The second kappa shape index (κ2) is 5.29. The number of amides is 1. The van der Waals surface area contributed by atoms with Crippen LogP contribution in [-0.2, 0) is 4.79 Å². The summed E-state index contributed by atoms with van der Waals surface area (Å²) in [5.74, 6) is 0.595. The molecule has 1 aliphatic heterocycles. The number of rotatable bonds is 2. The molecule has 0 bridgehead atoms. The average molecular weight is 248 g/mol. The summed E-state index contributed by atoms with van der Waals surface area (Å²) in [5.41, 5.74) is 1.10. The summed E-state index contributed by atoms with van der Waals surface area (Å²) in [6, 6.07) is 7.21. The van der Waals surface area contributed by atoms with Crippen LogP contribution in [0.25, 0.3) is 0 Å². The predicted octanol–water partition coefficient (Wildman–Crippen LogP) is 1.70. The normalized spacial score (nSPS) is 16.2. The van der Waals surface area contributed by atoms with Crippen LogP contribution < -0.4 is 4.90 Å². The molecule has 1 aromatic carbocycles. The highest BCUT2D eigenvalue weighted by Gasteiger charge is 2.22. The third kappa shape index (κ3) is 2.75. The molecular weight excluding hydrogens is 228 g/mol. The zero-order chi connectivity index (χ0) is 13.1. The van der Waals surface area contributed by atoms with Crippen molar-refractivity contribution in [1.29, 1.82) is 0 Å². The molecule has 1 N–H and O–H groups in total. The van der Waals surface area contributed by atoms with E-state index in [0.717, 1.165) is 31.9 Å². The molecule has 0 radical (unpaired) electrons. The molecule has 0 saturated carbocycles. The minimum atomic E-state index is 0.0743. The van der Waals surface area contributed by atoms with Crippen LogP contribution in [0.3, 0.4) is 0 Å². The standard InChI is InChI=1S/C14H20N2O2/c1-11(2)14(18)16-9-7-15(8-10-16)12-3-5-13(17)6-4-12/h3-6,11,17H,7-10H2,1-2H3. The Kier molecular flexibility index (Phi) is 3.75. The smallest absolute Gasteiger partial charge is 0.225 e. The second-order valence-electron chi connectivity index (χ2n) is 4.98. The van der Waals surface area contributed by atoms with E-state index in [1.807, 2.05) is 30.9 Å². The lowest BCUT2D eigenvalue weighted by Crippen LogP contribution is -2.49. The van der Waals surface area contributed by atoms with Crippen molar-refractivity contribution in [2.24, 2.45) is 5.92 Å². The van der Waals surface area contributed by atoms with Crippen LogP contribution in [0.4, 0.5) is 5.69 Å². The Morgan fingerprint density at radius 1 is 1.11 bits per heavy atom. The predicted molar refractivity (Wildman–Crippen MR) is 71.7 cm³/mol. The summed E-state index contributed by atoms with van der Waals surface area (Å²) in [4.78, 5) is 16.0. The zero-order valence-electron chi connectivity index (χ0n) is 11.0. The fourth-order valence-electron chi connectivity index (χ4n) is 2.21. The maximum atomic E-state index is 11.9. The topological polar surface area (TPSA) is 43.8 Å². The number of carbonyl (C=O) groups is 1. The van der Waals surface area contributed by atoms with E-state index in [1.54, 1.807) is 12.1 Å². The van der Waals surface area contributed by atoms with Crippen molar-refractivity contribution in [2.45, 2.75) is 13.8 Å². The molecule has 1 aliphatic rings. The van der Waals surface area contributed by atoms with Gasteiger partial charge in [0.25, 0.3) is 0 Å². The molecule has 1 aromatic rings. The quantitative estimate of drug-likeness (QED) is 0.866. The van der Waals surface area contributed by atoms with E-state index >= 15 is 0 Å². The molecule has 0 atom stereocenters. The highest BCUT2D eigenvalue weighted by atomic mass is 16.3. The van der Waals surface area contributed by atoms with Gasteiger partial charge in [-0.1, -0.05) is 13.8 Å². The SMILES string of the molecule is CC(C)C(=O)N1CCN(c2ccc(O)cc2)CC1. The highest BCUT2D eigenvalue weighted by Crippen LogP contribution is 2.20. The van der Waals surface area contributed by atoms with Crippen molar-refractivity contribution >= 4 is 11.6 Å². The molecule has 4 heteroatoms. The van der Waals surface area contributed by atoms with Gasteiger partial charge in [-0.3, -0.25) is 4.79 Å². The molecular formula is C14H20N2O2. The Morgan fingerprint density at radius 3 is 2.17 bits per heavy atom. The number of phenols is 1. The first-order valence-corrected chi connectivity index (χ1v) is 6.40. The van der Waals surface area contributed by atoms with Crippen molar-refractivity contribution in [2.75, 3.05) is 31.1 Å². The molecule has 98 valence electrons. The first kappa shape index (κ1) is 12.7. The second-order valence-corrected chi connectivity index (χ2v) is 4.98. The minimum absolute atomic E-state index is 0.0743. The van der Waals surface area contributed by atoms with Crippen molar-refractivity contribution in [3.05, 3.63) is 24.3 Å². The van der Waals surface area contributed by atoms with Gasteiger partial charge >= 0.3 is 0 Å². The third-order valence-corrected chi connectivity index (χ3v) is 3.30. The summed E-state index contributed by atoms with van der Waals surface area (Å²) >= 11 is 0. The molecule has 1 amide bonds. The first-order valence-electron chi connectivity index (χ1n) is 6.40. The summed E-state index contributed by atoms with van der Waals surface area (Å²) in [7, 11) is 0. The van der Waals surface area contributed by atoms with Crippen molar-refractivity contribution < 1.29 is 9.90 Å². The molecule has 0 unspecified atom stereocenters. The van der Waals surface area contributed by atoms with Gasteiger partial charge in [0.05, 0.1) is 0 Å². The van der Waals surface area contributed by atoms with Crippen LogP contribution in [0.2, 0.25) is 0 Å². The van der Waals surface area contributed by atoms with Gasteiger partial charge in [0.2, 0.25) is 5.91 Å². The minimum Gasteiger partial charge on any atom is -0.508 e. The Bertz CT molecular complexity index is 406. The number of carbonyl (C=O) groups excluding carboxylic acids is 1. The molecule has 1 saturated heterocycles. The summed E-state index contributed by atoms with van der Waals surface area (Å²) in [5, 5.41) is 9.26. The van der Waals surface area contributed by atoms with Gasteiger partial charge in [0.15, 0.2) is 0 Å². The van der Waals surface area contributed by atoms with Gasteiger partial charge < -0.3 is 14.9 Å². The number of aromatic hydroxyl groups is 1. The maximum Gasteiger partial charge on any atom is 0.225 e. The van der Waals surface area contributed by atoms with E-state index in [0.29, 0.717) is 0 Å². The van der Waals surface area contributed by atoms with E-state index in [9.17, 15) is 9.90 Å². The molecule has 1 fully saturated rings. The Labute approximate surface area is 108 Å². The Balaban J connectivity index is 1.94. The van der Waals surface area contributed by atoms with Gasteiger partial charge in [-0.05, 0) is 24.3 Å². The van der Waals surface area contributed by atoms with Gasteiger partial charge in [-0.25, -0.2) is 0 Å². The zero-order valence-corrected chi connectivity index (χ0v) is 11.0. The summed E-state index contributed by atoms with van der Waals surface area (Å²) in [6.45, 7) is 7.13. The fourth-order valence-corrected chi connectivity index (χ4v) is 2.21. The Morgan fingerprint density at radius 2 is 1.67 bits per heavy atom. The average Bonchev–Trinajstić information content (AvgIpc) is 2.39. The van der Waals surface area contributed by atoms with E-state index in [1.165, 1.54) is 0 Å². The van der Waals surface area contributed by atoms with Crippen LogP contribution >= 0.6 is 0 Å². The lowest BCUT2D eigenvalue weighted by Gasteiger charge is -2.36. The number of anilines is 1. The molecule has 4 nitrogen and oxygen atoms in total. The van der Waals surface area contributed by atoms with E-state index in [2.05, 4.69) is 4.90 Å². The third-order valence-electron chi connectivity index (χ3n) is 3.30. The summed E-state index contributed by atoms with van der Waals surface area (Å²) < 4.78 is 0. The molecule has 1 heterocycles. The van der Waals surface area contributed by atoms with E-state index in [-0.39, 0.29) is 17.6 Å². The number of phenolic OH excluding ortho intramolecular Hbond substituents is 1. The number of benzene rings is 1. The van der Waals surface area contributed by atoms with E-state index < -0.39 is 0 Å². The monoisotopic (exact) mass is 248 g/mol. The van der Waals surface area contributed by atoms with Crippen LogP contribution in [-0.4, -0.2) is 42.1 Å². The number of nitrogens with zero attached hydrogens (tertiary/aromatic N) is 2. The molecule has 0 aromatic heterocycles. The molecule has 2 rings (SSSR count). The number of hydrogen-bond donors (Lipinski definition) is 1. The lowest BCUT2D eigenvalue weighted by atomic mass is 10.1. The van der Waals surface area contributed by atoms with Gasteiger partial charge in [-0.2, -0.15) is 0 Å². The lowest BCUT2D eigenvalue weighted by molar-refractivity contribution is -0.134. The van der Waals surface area contributed by atoms with Crippen molar-refractivity contribution in [1.82, 2.24) is 4.90 Å². The van der Waals surface area contributed by atoms with Gasteiger partial charge in [-0.15, -0.1) is 0 Å². The number of hydrogen-bond acceptors (Lipinski definition) is 3. The highest BCUT2D eigenvalue weighted by molar-refractivity contribution is 5.78. The van der Waals surface area contributed by atoms with Gasteiger partial charge in [0, 0.05) is 37.8 Å². The Hall–Kier alpha value is -1.71. The fraction of sp³-hybridized carbons (Fsp3) is 0.500. The largest absolute Gasteiger partial charge is 0.508 e. The molecule has 0 spiro atoms. The molecule has 18 heavy (non-hydrogen) atoms. The van der Waals surface area contributed by atoms with Crippen LogP contribution in [0.5, 0.6) is 5.75 Å². The summed E-state index contributed by atoms with van der Waals surface area (Å²) in [6.07, 6.45) is 0. The van der Waals surface area contributed by atoms with Crippen LogP contribution in [0.15, 0.2) is 24.3 Å². The van der Waals surface area contributed by atoms with Crippen molar-refractivity contribution in [3.63, 3.8) is 0 Å². The number of piperazine rings is 1. The van der Waals surface area contributed by atoms with E-state index in [4.69, 9.17) is 0 Å².